The van der Waals surface area contributed by atoms with E-state index in [-0.39, 0.29) is 19.3 Å². The third-order valence-corrected chi connectivity index (χ3v) is 8.42. The predicted octanol–water partition coefficient (Wildman–Crippen LogP) is 6.33. The number of hydrogen-bond donors (Lipinski definition) is 4. The summed E-state index contributed by atoms with van der Waals surface area (Å²) in [6.07, 6.45) is -2.07. The highest BCUT2D eigenvalue weighted by atomic mass is 35.5. The Morgan fingerprint density at radius 2 is 1.77 bits per heavy atom. The summed E-state index contributed by atoms with van der Waals surface area (Å²) in [6.45, 7) is 3.75. The Balaban J connectivity index is 1.58. The van der Waals surface area contributed by atoms with E-state index in [0.29, 0.717) is 57.6 Å². The maximum Gasteiger partial charge on any atom is 0.303 e. The van der Waals surface area contributed by atoms with Crippen LogP contribution in [-0.2, 0) is 25.5 Å². The molecular formula is C35H41ClN2O9. The fourth-order valence-electron chi connectivity index (χ4n) is 5.72. The molecule has 0 saturated heterocycles. The van der Waals surface area contributed by atoms with Gasteiger partial charge in [0, 0.05) is 28.3 Å². The van der Waals surface area contributed by atoms with E-state index in [4.69, 9.17) is 35.7 Å². The molecule has 1 aliphatic heterocycles. The molecule has 1 aliphatic rings. The SMILES string of the molecule is COc1ccc(CCCC(=O)O)cc1NC(=O)C[C@H]1O[C@@H](CC(C)(C)C(O)c2cccc(OC)c2OC)c2cc(Cl)ccc2NC1=O. The van der Waals surface area contributed by atoms with Crippen LogP contribution in [0.4, 0.5) is 11.4 Å². The number of carbonyl (C=O) groups is 3. The number of rotatable bonds is 14. The summed E-state index contributed by atoms with van der Waals surface area (Å²) in [5.74, 6) is -0.577. The standard InChI is InChI=1S/C35H41ClN2O9/c1-35(2,33(42)22-9-7-10-27(45-4)32(22)46-5)19-29-23-17-21(36)13-14-24(23)38-34(43)28(47-29)18-30(39)37-25-16-20(8-6-11-31(40)41)12-15-26(25)44-3/h7,9-10,12-17,28-29,33,42H,6,8,11,18-19H2,1-5H3,(H,37,39)(H,38,43)(H,40,41)/t28-,29+,33?/m1/s1. The van der Waals surface area contributed by atoms with Crippen LogP contribution in [-0.4, -0.2) is 55.4 Å². The van der Waals surface area contributed by atoms with Gasteiger partial charge in [0.15, 0.2) is 11.5 Å². The van der Waals surface area contributed by atoms with Gasteiger partial charge in [0.25, 0.3) is 5.91 Å². The lowest BCUT2D eigenvalue weighted by Crippen LogP contribution is -2.34. The molecule has 3 aromatic rings. The third-order valence-electron chi connectivity index (χ3n) is 8.18. The summed E-state index contributed by atoms with van der Waals surface area (Å²) in [5, 5.41) is 26.7. The lowest BCUT2D eigenvalue weighted by Gasteiger charge is -2.35. The highest BCUT2D eigenvalue weighted by Gasteiger charge is 2.39. The van der Waals surface area contributed by atoms with Crippen molar-refractivity contribution in [3.05, 3.63) is 76.3 Å². The topological polar surface area (TPSA) is 153 Å². The van der Waals surface area contributed by atoms with Crippen LogP contribution < -0.4 is 24.8 Å². The molecule has 11 nitrogen and oxygen atoms in total. The number of amides is 2. The molecule has 3 atom stereocenters. The van der Waals surface area contributed by atoms with E-state index in [1.807, 2.05) is 19.9 Å². The van der Waals surface area contributed by atoms with Crippen molar-refractivity contribution >= 4 is 40.8 Å². The Morgan fingerprint density at radius 3 is 2.45 bits per heavy atom. The number of carboxylic acids is 1. The van der Waals surface area contributed by atoms with Crippen LogP contribution in [0.15, 0.2) is 54.6 Å². The molecule has 4 N–H and O–H groups in total. The molecule has 1 heterocycles. The van der Waals surface area contributed by atoms with Gasteiger partial charge in [-0.3, -0.25) is 14.4 Å². The van der Waals surface area contributed by atoms with Gasteiger partial charge in [-0.1, -0.05) is 43.6 Å². The third kappa shape index (κ3) is 8.73. The number of para-hydroxylation sites is 1. The molecule has 0 radical (unpaired) electrons. The number of aryl methyl sites for hydroxylation is 1. The second-order valence-corrected chi connectivity index (χ2v) is 12.5. The van der Waals surface area contributed by atoms with E-state index in [2.05, 4.69) is 10.6 Å². The summed E-state index contributed by atoms with van der Waals surface area (Å²) in [5.41, 5.74) is 2.02. The summed E-state index contributed by atoms with van der Waals surface area (Å²) < 4.78 is 22.8. The maximum atomic E-state index is 13.4. The first kappa shape index (κ1) is 35.5. The van der Waals surface area contributed by atoms with Gasteiger partial charge >= 0.3 is 5.97 Å². The Morgan fingerprint density at radius 1 is 1.02 bits per heavy atom. The smallest absolute Gasteiger partial charge is 0.303 e. The first-order chi connectivity index (χ1) is 22.4. The van der Waals surface area contributed by atoms with Crippen molar-refractivity contribution in [1.82, 2.24) is 0 Å². The Labute approximate surface area is 279 Å². The first-order valence-corrected chi connectivity index (χ1v) is 15.6. The Hall–Kier alpha value is -4.32. The van der Waals surface area contributed by atoms with E-state index in [1.54, 1.807) is 48.5 Å². The number of carboxylic acid groups (broad SMARTS) is 1. The number of fused-ring (bicyclic) bond motifs is 1. The fraction of sp³-hybridized carbons (Fsp3) is 0.400. The van der Waals surface area contributed by atoms with Crippen molar-refractivity contribution in [1.29, 1.82) is 0 Å². The molecule has 0 spiro atoms. The van der Waals surface area contributed by atoms with E-state index >= 15 is 0 Å². The number of methoxy groups -OCH3 is 3. The lowest BCUT2D eigenvalue weighted by atomic mass is 9.76. The molecule has 0 bridgehead atoms. The number of aliphatic hydroxyl groups excluding tert-OH is 1. The molecule has 1 unspecified atom stereocenters. The van der Waals surface area contributed by atoms with E-state index in [1.165, 1.54) is 21.3 Å². The summed E-state index contributed by atoms with van der Waals surface area (Å²) in [6, 6.07) is 15.6. The molecule has 3 aromatic carbocycles. The van der Waals surface area contributed by atoms with Crippen LogP contribution in [0.25, 0.3) is 0 Å². The monoisotopic (exact) mass is 668 g/mol. The maximum absolute atomic E-state index is 13.4. The number of ether oxygens (including phenoxy) is 4. The summed E-state index contributed by atoms with van der Waals surface area (Å²) >= 11 is 6.38. The van der Waals surface area contributed by atoms with Crippen LogP contribution in [0.3, 0.4) is 0 Å². The van der Waals surface area contributed by atoms with Gasteiger partial charge in [0.2, 0.25) is 5.91 Å². The number of benzene rings is 3. The van der Waals surface area contributed by atoms with Crippen molar-refractivity contribution in [3.63, 3.8) is 0 Å². The molecule has 4 rings (SSSR count). The van der Waals surface area contributed by atoms with E-state index in [0.717, 1.165) is 5.56 Å². The number of hydrogen-bond acceptors (Lipinski definition) is 8. The molecule has 0 aromatic heterocycles. The van der Waals surface area contributed by atoms with Gasteiger partial charge in [-0.15, -0.1) is 0 Å². The largest absolute Gasteiger partial charge is 0.495 e. The van der Waals surface area contributed by atoms with Crippen LogP contribution in [0.1, 0.15) is 68.4 Å². The van der Waals surface area contributed by atoms with Crippen LogP contribution in [0.5, 0.6) is 17.2 Å². The van der Waals surface area contributed by atoms with Gasteiger partial charge in [0.05, 0.1) is 45.6 Å². The van der Waals surface area contributed by atoms with Gasteiger partial charge in [-0.2, -0.15) is 0 Å². The minimum absolute atomic E-state index is 0.0253. The number of nitrogens with one attached hydrogen (secondary N) is 2. The Bertz CT molecular complexity index is 1610. The second-order valence-electron chi connectivity index (χ2n) is 12.0. The Kier molecular flexibility index (Phi) is 11.7. The highest BCUT2D eigenvalue weighted by molar-refractivity contribution is 6.30. The number of carbonyl (C=O) groups excluding carboxylic acids is 2. The minimum atomic E-state index is -1.18. The number of aliphatic hydroxyl groups is 1. The van der Waals surface area contributed by atoms with Crippen molar-refractivity contribution < 1.29 is 43.5 Å². The quantitative estimate of drug-likeness (QED) is 0.154. The molecule has 0 aliphatic carbocycles. The zero-order chi connectivity index (χ0) is 34.3. The minimum Gasteiger partial charge on any atom is -0.495 e. The number of halogens is 1. The van der Waals surface area contributed by atoms with E-state index < -0.39 is 41.5 Å². The zero-order valence-corrected chi connectivity index (χ0v) is 27.8. The van der Waals surface area contributed by atoms with Crippen LogP contribution >= 0.6 is 11.6 Å². The average Bonchev–Trinajstić information content (AvgIpc) is 3.15. The first-order valence-electron chi connectivity index (χ1n) is 15.2. The normalized spacial score (nSPS) is 16.7. The lowest BCUT2D eigenvalue weighted by molar-refractivity contribution is -0.138. The predicted molar refractivity (Wildman–Crippen MR) is 177 cm³/mol. The van der Waals surface area contributed by atoms with Crippen LogP contribution in [0, 0.1) is 5.41 Å². The van der Waals surface area contributed by atoms with Crippen molar-refractivity contribution in [2.45, 2.75) is 64.3 Å². The van der Waals surface area contributed by atoms with Crippen molar-refractivity contribution in [3.8, 4) is 17.2 Å². The molecule has 0 fully saturated rings. The molecule has 12 heteroatoms. The average molecular weight is 669 g/mol. The van der Waals surface area contributed by atoms with Crippen molar-refractivity contribution in [2.24, 2.45) is 5.41 Å². The molecule has 0 saturated carbocycles. The van der Waals surface area contributed by atoms with Crippen molar-refractivity contribution in [2.75, 3.05) is 32.0 Å². The summed E-state index contributed by atoms with van der Waals surface area (Å²) in [4.78, 5) is 37.7. The van der Waals surface area contributed by atoms with Gasteiger partial charge < -0.3 is 39.8 Å². The fourth-order valence-corrected chi connectivity index (χ4v) is 5.90. The van der Waals surface area contributed by atoms with E-state index in [9.17, 15) is 19.5 Å². The molecular weight excluding hydrogens is 628 g/mol. The molecule has 252 valence electrons. The van der Waals surface area contributed by atoms with Gasteiger partial charge in [-0.25, -0.2) is 0 Å². The number of anilines is 2. The second kappa shape index (κ2) is 15.5. The number of aliphatic carboxylic acids is 1. The molecule has 47 heavy (non-hydrogen) atoms. The zero-order valence-electron chi connectivity index (χ0n) is 27.1. The summed E-state index contributed by atoms with van der Waals surface area (Å²) in [7, 11) is 4.50. The van der Waals surface area contributed by atoms with Gasteiger partial charge in [-0.05, 0) is 66.6 Å². The highest BCUT2D eigenvalue weighted by Crippen LogP contribution is 2.48. The van der Waals surface area contributed by atoms with Crippen LogP contribution in [0.2, 0.25) is 5.02 Å². The molecule has 2 amide bonds. The van der Waals surface area contributed by atoms with Gasteiger partial charge in [0.1, 0.15) is 11.9 Å².